The summed E-state index contributed by atoms with van der Waals surface area (Å²) in [6, 6.07) is 0.111. The van der Waals surface area contributed by atoms with Crippen LogP contribution in [0.4, 0.5) is 4.79 Å². The summed E-state index contributed by atoms with van der Waals surface area (Å²) < 4.78 is 5.32. The van der Waals surface area contributed by atoms with Gasteiger partial charge < -0.3 is 20.3 Å². The Balaban J connectivity index is 0.00000529. The molecule has 0 bridgehead atoms. The van der Waals surface area contributed by atoms with Crippen LogP contribution >= 0.6 is 35.7 Å². The van der Waals surface area contributed by atoms with Crippen molar-refractivity contribution < 1.29 is 9.53 Å². The van der Waals surface area contributed by atoms with Crippen molar-refractivity contribution in [3.05, 3.63) is 0 Å². The van der Waals surface area contributed by atoms with Crippen LogP contribution in [0.1, 0.15) is 40.5 Å². The number of aliphatic imine (C=N–C) groups is 1. The molecule has 0 aromatic carbocycles. The number of halogens is 1. The molecule has 1 rings (SSSR count). The molecule has 1 saturated heterocycles. The average molecular weight is 472 g/mol. The van der Waals surface area contributed by atoms with Crippen molar-refractivity contribution in [3.8, 4) is 0 Å². The second kappa shape index (κ2) is 12.1. The normalized spacial score (nSPS) is 18.1. The first kappa shape index (κ1) is 23.6. The maximum absolute atomic E-state index is 11.9. The minimum Gasteiger partial charge on any atom is -0.444 e. The highest BCUT2D eigenvalue weighted by Crippen LogP contribution is 2.12. The smallest absolute Gasteiger partial charge is 0.407 e. The summed E-state index contributed by atoms with van der Waals surface area (Å²) in [6.45, 7) is 11.0. The second-order valence-corrected chi connectivity index (χ2v) is 7.65. The van der Waals surface area contributed by atoms with Crippen molar-refractivity contribution >= 4 is 47.8 Å². The van der Waals surface area contributed by atoms with E-state index in [0.29, 0.717) is 0 Å². The fourth-order valence-corrected chi connectivity index (χ4v) is 2.78. The first-order valence-electron chi connectivity index (χ1n) is 8.37. The van der Waals surface area contributed by atoms with Gasteiger partial charge in [-0.3, -0.25) is 4.99 Å². The Bertz CT molecular complexity index is 402. The van der Waals surface area contributed by atoms with Crippen molar-refractivity contribution in [3.63, 3.8) is 0 Å². The molecule has 1 fully saturated rings. The van der Waals surface area contributed by atoms with Gasteiger partial charge in [0.15, 0.2) is 5.96 Å². The lowest BCUT2D eigenvalue weighted by Gasteiger charge is -2.23. The third kappa shape index (κ3) is 9.80. The number of carbonyl (C=O) groups excluding carboxylic acids is 1. The fraction of sp³-hybridized carbons (Fsp3) is 0.875. The van der Waals surface area contributed by atoms with Crippen LogP contribution < -0.4 is 10.6 Å². The topological polar surface area (TPSA) is 66.0 Å². The predicted molar refractivity (Wildman–Crippen MR) is 114 cm³/mol. The van der Waals surface area contributed by atoms with E-state index in [4.69, 9.17) is 4.74 Å². The van der Waals surface area contributed by atoms with Gasteiger partial charge in [0.2, 0.25) is 0 Å². The SMILES string of the molecule is CCNC(=NCCCSC)N1CCC(NC(=O)OC(C)(C)C)C1.I. The van der Waals surface area contributed by atoms with E-state index in [1.807, 2.05) is 32.5 Å². The van der Waals surface area contributed by atoms with E-state index in [1.165, 1.54) is 0 Å². The fourth-order valence-electron chi connectivity index (χ4n) is 2.36. The molecule has 1 amide bonds. The summed E-state index contributed by atoms with van der Waals surface area (Å²) in [7, 11) is 0. The van der Waals surface area contributed by atoms with E-state index in [9.17, 15) is 4.79 Å². The van der Waals surface area contributed by atoms with Gasteiger partial charge in [-0.2, -0.15) is 11.8 Å². The summed E-state index contributed by atoms with van der Waals surface area (Å²) >= 11 is 1.85. The number of hydrogen-bond acceptors (Lipinski definition) is 4. The zero-order valence-electron chi connectivity index (χ0n) is 15.6. The summed E-state index contributed by atoms with van der Waals surface area (Å²) in [5.74, 6) is 2.08. The Morgan fingerprint density at radius 3 is 2.71 bits per heavy atom. The second-order valence-electron chi connectivity index (χ2n) is 6.66. The Hall–Kier alpha value is -0.380. The molecule has 0 aromatic rings. The summed E-state index contributed by atoms with van der Waals surface area (Å²) in [6.07, 6.45) is 3.77. The summed E-state index contributed by atoms with van der Waals surface area (Å²) in [5, 5.41) is 6.29. The van der Waals surface area contributed by atoms with Gasteiger partial charge >= 0.3 is 6.09 Å². The highest BCUT2D eigenvalue weighted by atomic mass is 127. The highest BCUT2D eigenvalue weighted by Gasteiger charge is 2.27. The van der Waals surface area contributed by atoms with Gasteiger partial charge in [0.25, 0.3) is 0 Å². The molecule has 2 N–H and O–H groups in total. The molecule has 1 aliphatic heterocycles. The lowest BCUT2D eigenvalue weighted by atomic mass is 10.2. The zero-order chi connectivity index (χ0) is 17.3. The monoisotopic (exact) mass is 472 g/mol. The molecule has 1 heterocycles. The number of alkyl carbamates (subject to hydrolysis) is 1. The van der Waals surface area contributed by atoms with Crippen molar-refractivity contribution in [2.75, 3.05) is 38.2 Å². The number of hydrogen-bond donors (Lipinski definition) is 2. The van der Waals surface area contributed by atoms with Crippen molar-refractivity contribution in [2.24, 2.45) is 4.99 Å². The first-order chi connectivity index (χ1) is 10.9. The predicted octanol–water partition coefficient (Wildman–Crippen LogP) is 2.92. The number of guanidine groups is 1. The van der Waals surface area contributed by atoms with Crippen LogP contribution in [0.2, 0.25) is 0 Å². The minimum atomic E-state index is -0.462. The number of likely N-dealkylation sites (tertiary alicyclic amines) is 1. The molecule has 6 nitrogen and oxygen atoms in total. The Morgan fingerprint density at radius 1 is 1.42 bits per heavy atom. The number of ether oxygens (including phenoxy) is 1. The molecule has 0 saturated carbocycles. The third-order valence-corrected chi connectivity index (χ3v) is 4.01. The van der Waals surface area contributed by atoms with E-state index in [1.54, 1.807) is 0 Å². The molecule has 1 unspecified atom stereocenters. The number of amides is 1. The van der Waals surface area contributed by atoms with Gasteiger partial charge in [0.05, 0.1) is 6.04 Å². The molecule has 1 aliphatic rings. The van der Waals surface area contributed by atoms with Crippen LogP contribution in [0.25, 0.3) is 0 Å². The van der Waals surface area contributed by atoms with E-state index < -0.39 is 5.60 Å². The zero-order valence-corrected chi connectivity index (χ0v) is 18.7. The van der Waals surface area contributed by atoms with Crippen molar-refractivity contribution in [1.82, 2.24) is 15.5 Å². The number of thioether (sulfide) groups is 1. The largest absolute Gasteiger partial charge is 0.444 e. The standard InChI is InChI=1S/C16H32N4O2S.HI/c1-6-17-14(18-9-7-11-23-5)20-10-8-13(12-20)19-15(21)22-16(2,3)4;/h13H,6-12H2,1-5H3,(H,17,18)(H,19,21);1H. The average Bonchev–Trinajstić information content (AvgIpc) is 2.88. The maximum Gasteiger partial charge on any atom is 0.407 e. The maximum atomic E-state index is 11.9. The van der Waals surface area contributed by atoms with Gasteiger partial charge in [-0.15, -0.1) is 24.0 Å². The number of carbonyl (C=O) groups is 1. The van der Waals surface area contributed by atoms with Gasteiger partial charge in [0, 0.05) is 26.2 Å². The van der Waals surface area contributed by atoms with Gasteiger partial charge in [-0.1, -0.05) is 0 Å². The van der Waals surface area contributed by atoms with Crippen molar-refractivity contribution in [2.45, 2.75) is 52.2 Å². The number of nitrogens with one attached hydrogen (secondary N) is 2. The van der Waals surface area contributed by atoms with Crippen LogP contribution in [0.15, 0.2) is 4.99 Å². The lowest BCUT2D eigenvalue weighted by Crippen LogP contribution is -2.44. The third-order valence-electron chi connectivity index (χ3n) is 3.31. The van der Waals surface area contributed by atoms with Gasteiger partial charge in [-0.25, -0.2) is 4.79 Å². The molecule has 0 aromatic heterocycles. The van der Waals surface area contributed by atoms with Crippen LogP contribution in [-0.4, -0.2) is 66.8 Å². The summed E-state index contributed by atoms with van der Waals surface area (Å²) in [5.41, 5.74) is -0.462. The molecule has 0 spiro atoms. The van der Waals surface area contributed by atoms with Crippen molar-refractivity contribution in [1.29, 1.82) is 0 Å². The molecule has 1 atom stereocenters. The Labute approximate surface area is 168 Å². The van der Waals surface area contributed by atoms with Gasteiger partial charge in [0.1, 0.15) is 5.60 Å². The Kier molecular flexibility index (Phi) is 11.9. The van der Waals surface area contributed by atoms with Crippen LogP contribution in [0, 0.1) is 0 Å². The quantitative estimate of drug-likeness (QED) is 0.269. The van der Waals surface area contributed by atoms with E-state index in [2.05, 4.69) is 33.7 Å². The first-order valence-corrected chi connectivity index (χ1v) is 9.76. The van der Waals surface area contributed by atoms with E-state index >= 15 is 0 Å². The number of nitrogens with zero attached hydrogens (tertiary/aromatic N) is 2. The molecule has 0 aliphatic carbocycles. The number of rotatable bonds is 6. The Morgan fingerprint density at radius 2 is 2.12 bits per heavy atom. The molecular weight excluding hydrogens is 439 g/mol. The molecule has 142 valence electrons. The minimum absolute atomic E-state index is 0. The molecule has 24 heavy (non-hydrogen) atoms. The van der Waals surface area contributed by atoms with E-state index in [0.717, 1.165) is 50.7 Å². The van der Waals surface area contributed by atoms with Crippen LogP contribution in [-0.2, 0) is 4.74 Å². The molecule has 0 radical (unpaired) electrons. The van der Waals surface area contributed by atoms with Crippen LogP contribution in [0.3, 0.4) is 0 Å². The molecule has 8 heteroatoms. The van der Waals surface area contributed by atoms with Crippen LogP contribution in [0.5, 0.6) is 0 Å². The summed E-state index contributed by atoms with van der Waals surface area (Å²) in [4.78, 5) is 18.8. The molecular formula is C16H33IN4O2S. The van der Waals surface area contributed by atoms with Gasteiger partial charge in [-0.05, 0) is 52.5 Å². The lowest BCUT2D eigenvalue weighted by molar-refractivity contribution is 0.0507. The highest BCUT2D eigenvalue weighted by molar-refractivity contribution is 14.0. The van der Waals surface area contributed by atoms with E-state index in [-0.39, 0.29) is 36.1 Å².